The molecule has 0 saturated carbocycles. The Hall–Kier alpha value is -2.35. The molecule has 0 aliphatic carbocycles. The lowest BCUT2D eigenvalue weighted by atomic mass is 10.2. The van der Waals surface area contributed by atoms with E-state index >= 15 is 0 Å². The number of benzene rings is 2. The fourth-order valence-electron chi connectivity index (χ4n) is 1.81. The van der Waals surface area contributed by atoms with Crippen molar-refractivity contribution in [1.29, 1.82) is 0 Å². The quantitative estimate of drug-likeness (QED) is 0.528. The van der Waals surface area contributed by atoms with Crippen molar-refractivity contribution in [3.05, 3.63) is 60.2 Å². The number of nitrogens with zero attached hydrogens (tertiary/aromatic N) is 1. The van der Waals surface area contributed by atoms with Gasteiger partial charge in [-0.15, -0.1) is 13.2 Å². The van der Waals surface area contributed by atoms with Crippen LogP contribution in [0.2, 0.25) is 0 Å². The average Bonchev–Trinajstić information content (AvgIpc) is 2.46. The Morgan fingerprint density at radius 1 is 1.00 bits per heavy atom. The molecule has 2 aromatic rings. The van der Waals surface area contributed by atoms with Crippen LogP contribution < -0.4 is 5.32 Å². The highest BCUT2D eigenvalue weighted by molar-refractivity contribution is 7.90. The molecular weight excluding hydrogens is 329 g/mol. The molecule has 8 heteroatoms. The van der Waals surface area contributed by atoms with Gasteiger partial charge in [0.1, 0.15) is 5.84 Å². The lowest BCUT2D eigenvalue weighted by Gasteiger charge is -2.12. The van der Waals surface area contributed by atoms with Crippen LogP contribution in [0.25, 0.3) is 0 Å². The van der Waals surface area contributed by atoms with Gasteiger partial charge in [0.2, 0.25) is 0 Å². The average molecular weight is 342 g/mol. The predicted molar refractivity (Wildman–Crippen MR) is 82.2 cm³/mol. The van der Waals surface area contributed by atoms with Gasteiger partial charge in [-0.05, 0) is 24.3 Å². The highest BCUT2D eigenvalue weighted by Crippen LogP contribution is 2.20. The number of amidine groups is 1. The molecular formula is C15H13F3N2O2S. The zero-order chi connectivity index (χ0) is 17.1. The predicted octanol–water partition coefficient (Wildman–Crippen LogP) is 3.47. The van der Waals surface area contributed by atoms with E-state index in [0.717, 1.165) is 6.26 Å². The van der Waals surface area contributed by atoms with Crippen molar-refractivity contribution in [1.82, 2.24) is 0 Å². The van der Waals surface area contributed by atoms with E-state index in [1.54, 1.807) is 18.2 Å². The first-order valence-corrected chi connectivity index (χ1v) is 8.33. The SMILES string of the molecule is CS(=O)(=O)c1ccc(NC(=NC(F)(F)F)c2ccccc2)cc1. The van der Waals surface area contributed by atoms with Gasteiger partial charge in [-0.25, -0.2) is 8.42 Å². The maximum atomic E-state index is 12.6. The molecule has 1 N–H and O–H groups in total. The van der Waals surface area contributed by atoms with Crippen LogP contribution in [-0.2, 0) is 9.84 Å². The van der Waals surface area contributed by atoms with E-state index < -0.39 is 16.1 Å². The van der Waals surface area contributed by atoms with Crippen molar-refractivity contribution in [2.24, 2.45) is 4.99 Å². The number of anilines is 1. The molecule has 0 aromatic heterocycles. The van der Waals surface area contributed by atoms with Crippen molar-refractivity contribution in [3.63, 3.8) is 0 Å². The smallest absolute Gasteiger partial charge is 0.340 e. The summed E-state index contributed by atoms with van der Waals surface area (Å²) in [6.07, 6.45) is -3.68. The maximum Gasteiger partial charge on any atom is 0.505 e. The van der Waals surface area contributed by atoms with E-state index in [1.165, 1.54) is 36.4 Å². The third kappa shape index (κ3) is 5.10. The summed E-state index contributed by atoms with van der Waals surface area (Å²) in [5.41, 5.74) is 0.557. The molecule has 0 spiro atoms. The minimum atomic E-state index is -4.73. The second-order valence-corrected chi connectivity index (χ2v) is 6.73. The van der Waals surface area contributed by atoms with E-state index in [1.807, 2.05) is 0 Å². The Kier molecular flexibility index (Phi) is 4.74. The van der Waals surface area contributed by atoms with Crippen LogP contribution in [0.1, 0.15) is 5.56 Å². The Morgan fingerprint density at radius 2 is 1.57 bits per heavy atom. The molecule has 0 saturated heterocycles. The highest BCUT2D eigenvalue weighted by Gasteiger charge is 2.27. The molecule has 0 bridgehead atoms. The molecule has 122 valence electrons. The molecule has 2 aromatic carbocycles. The number of sulfone groups is 1. The van der Waals surface area contributed by atoms with E-state index in [2.05, 4.69) is 10.3 Å². The summed E-state index contributed by atoms with van der Waals surface area (Å²) in [7, 11) is -3.37. The van der Waals surface area contributed by atoms with Crippen LogP contribution >= 0.6 is 0 Å². The summed E-state index contributed by atoms with van der Waals surface area (Å²) >= 11 is 0. The lowest BCUT2D eigenvalue weighted by Crippen LogP contribution is -2.18. The first-order valence-electron chi connectivity index (χ1n) is 6.44. The topological polar surface area (TPSA) is 58.5 Å². The van der Waals surface area contributed by atoms with Gasteiger partial charge in [0.05, 0.1) is 4.90 Å². The van der Waals surface area contributed by atoms with E-state index in [0.29, 0.717) is 5.69 Å². The summed E-state index contributed by atoms with van der Waals surface area (Å²) in [4.78, 5) is 2.81. The Labute approximate surface area is 131 Å². The van der Waals surface area contributed by atoms with Crippen molar-refractivity contribution in [3.8, 4) is 0 Å². The number of alkyl halides is 3. The fourth-order valence-corrected chi connectivity index (χ4v) is 2.44. The van der Waals surface area contributed by atoms with Gasteiger partial charge >= 0.3 is 6.30 Å². The molecule has 4 nitrogen and oxygen atoms in total. The molecule has 0 atom stereocenters. The standard InChI is InChI=1S/C15H13F3N2O2S/c1-23(21,22)13-9-7-12(8-10-13)19-14(20-15(16,17)18)11-5-3-2-4-6-11/h2-10H,1H3,(H,19,20). The van der Waals surface area contributed by atoms with Gasteiger partial charge in [0.15, 0.2) is 9.84 Å². The van der Waals surface area contributed by atoms with Crippen LogP contribution in [0, 0.1) is 0 Å². The Morgan fingerprint density at radius 3 is 2.04 bits per heavy atom. The molecule has 0 unspecified atom stereocenters. The van der Waals surface area contributed by atoms with Gasteiger partial charge in [0, 0.05) is 17.5 Å². The minimum absolute atomic E-state index is 0.0806. The molecule has 0 fully saturated rings. The molecule has 23 heavy (non-hydrogen) atoms. The third-order valence-corrected chi connectivity index (χ3v) is 3.96. The van der Waals surface area contributed by atoms with Crippen LogP contribution in [0.5, 0.6) is 0 Å². The number of halogens is 3. The Balaban J connectivity index is 2.34. The van der Waals surface area contributed by atoms with E-state index in [9.17, 15) is 21.6 Å². The minimum Gasteiger partial charge on any atom is -0.340 e. The van der Waals surface area contributed by atoms with E-state index in [4.69, 9.17) is 0 Å². The fraction of sp³-hybridized carbons (Fsp3) is 0.133. The van der Waals surface area contributed by atoms with Crippen molar-refractivity contribution >= 4 is 21.4 Å². The molecule has 0 heterocycles. The van der Waals surface area contributed by atoms with Crippen LogP contribution in [0.3, 0.4) is 0 Å². The first kappa shape index (κ1) is 17.0. The second kappa shape index (κ2) is 6.41. The Bertz CT molecular complexity index is 799. The van der Waals surface area contributed by atoms with Crippen molar-refractivity contribution < 1.29 is 21.6 Å². The summed E-state index contributed by atoms with van der Waals surface area (Å²) in [6, 6.07) is 13.2. The van der Waals surface area contributed by atoms with Gasteiger partial charge < -0.3 is 5.32 Å². The van der Waals surface area contributed by atoms with Crippen molar-refractivity contribution in [2.45, 2.75) is 11.2 Å². The molecule has 0 aliphatic heterocycles. The molecule has 0 radical (unpaired) electrons. The molecule has 2 rings (SSSR count). The molecule has 0 amide bonds. The van der Waals surface area contributed by atoms with Gasteiger partial charge in [0.25, 0.3) is 0 Å². The van der Waals surface area contributed by atoms with Crippen molar-refractivity contribution in [2.75, 3.05) is 11.6 Å². The number of hydrogen-bond acceptors (Lipinski definition) is 3. The van der Waals surface area contributed by atoms with E-state index in [-0.39, 0.29) is 16.3 Å². The van der Waals surface area contributed by atoms with Crippen LogP contribution in [0.4, 0.5) is 18.9 Å². The maximum absolute atomic E-state index is 12.6. The zero-order valence-corrected chi connectivity index (χ0v) is 12.8. The number of hydrogen-bond donors (Lipinski definition) is 1. The monoisotopic (exact) mass is 342 g/mol. The van der Waals surface area contributed by atoms with Gasteiger partial charge in [-0.1, -0.05) is 30.3 Å². The lowest BCUT2D eigenvalue weighted by molar-refractivity contribution is -0.119. The van der Waals surface area contributed by atoms with Crippen LogP contribution in [-0.4, -0.2) is 26.8 Å². The second-order valence-electron chi connectivity index (χ2n) is 4.72. The number of rotatable bonds is 3. The van der Waals surface area contributed by atoms with Gasteiger partial charge in [-0.3, -0.25) is 0 Å². The molecule has 0 aliphatic rings. The summed E-state index contributed by atoms with van der Waals surface area (Å²) in [5.74, 6) is -0.370. The highest BCUT2D eigenvalue weighted by atomic mass is 32.2. The van der Waals surface area contributed by atoms with Gasteiger partial charge in [-0.2, -0.15) is 4.99 Å². The summed E-state index contributed by atoms with van der Waals surface area (Å²) in [5, 5.41) is 2.57. The first-order chi connectivity index (χ1) is 10.6. The van der Waals surface area contributed by atoms with Crippen LogP contribution in [0.15, 0.2) is 64.5 Å². The largest absolute Gasteiger partial charge is 0.505 e. The number of aliphatic imine (C=N–C) groups is 1. The normalized spacial score (nSPS) is 13.0. The summed E-state index contributed by atoms with van der Waals surface area (Å²) < 4.78 is 60.6. The zero-order valence-electron chi connectivity index (χ0n) is 12.0. The summed E-state index contributed by atoms with van der Waals surface area (Å²) in [6.45, 7) is 0. The third-order valence-electron chi connectivity index (χ3n) is 2.83. The number of nitrogens with one attached hydrogen (secondary N) is 1.